The number of aromatic nitrogens is 1. The van der Waals surface area contributed by atoms with Gasteiger partial charge in [-0.05, 0) is 80.1 Å². The summed E-state index contributed by atoms with van der Waals surface area (Å²) in [4.78, 5) is 4.49. The number of aliphatic hydroxyl groups is 2. The summed E-state index contributed by atoms with van der Waals surface area (Å²) in [5.41, 5.74) is -1.72. The minimum absolute atomic E-state index is 0.0237. The van der Waals surface area contributed by atoms with E-state index >= 15 is 8.78 Å². The number of hydrogen-bond donors (Lipinski definition) is 2. The van der Waals surface area contributed by atoms with Crippen molar-refractivity contribution in [1.82, 2.24) is 4.98 Å². The van der Waals surface area contributed by atoms with Crippen LogP contribution in [-0.2, 0) is 9.47 Å². The van der Waals surface area contributed by atoms with Gasteiger partial charge in [-0.15, -0.1) is 11.3 Å². The van der Waals surface area contributed by atoms with Crippen LogP contribution in [-0.4, -0.2) is 57.5 Å². The van der Waals surface area contributed by atoms with Crippen LogP contribution < -0.4 is 0 Å². The monoisotopic (exact) mass is 693 g/mol. The van der Waals surface area contributed by atoms with Gasteiger partial charge in [0.05, 0.1) is 29.5 Å². The number of alkyl halides is 5. The van der Waals surface area contributed by atoms with Crippen LogP contribution in [0.4, 0.5) is 22.0 Å². The number of thiazole rings is 1. The first-order valence-electron chi connectivity index (χ1n) is 16.9. The molecule has 1 aliphatic heterocycles. The third-order valence-electron chi connectivity index (χ3n) is 12.3. The molecule has 2 heterocycles. The number of nitrogens with zero attached hydrogens (tertiary/aromatic N) is 1. The molecule has 4 aliphatic carbocycles. The first-order chi connectivity index (χ1) is 22.3. The predicted octanol–water partition coefficient (Wildman–Crippen LogP) is 8.85. The Morgan fingerprint density at radius 1 is 0.938 bits per heavy atom. The lowest BCUT2D eigenvalue weighted by atomic mass is 9.51. The molecule has 1 aromatic carbocycles. The van der Waals surface area contributed by atoms with Crippen LogP contribution in [0.3, 0.4) is 0 Å². The normalized spacial score (nSPS) is 36.3. The minimum atomic E-state index is -5.86. The molecule has 4 fully saturated rings. The van der Waals surface area contributed by atoms with Crippen molar-refractivity contribution in [2.75, 3.05) is 13.2 Å². The Morgan fingerprint density at radius 2 is 1.62 bits per heavy atom. The highest BCUT2D eigenvalue weighted by Gasteiger charge is 2.78. The molecule has 1 unspecified atom stereocenters. The fourth-order valence-corrected chi connectivity index (χ4v) is 10.4. The maximum Gasteiger partial charge on any atom is 0.456 e. The van der Waals surface area contributed by atoms with Gasteiger partial charge in [-0.3, -0.25) is 0 Å². The first-order valence-corrected chi connectivity index (χ1v) is 17.8. The minimum Gasteiger partial charge on any atom is -0.385 e. The maximum atomic E-state index is 15.1. The Kier molecular flexibility index (Phi) is 7.97. The third kappa shape index (κ3) is 5.24. The lowest BCUT2D eigenvalue weighted by Crippen LogP contribution is -2.65. The van der Waals surface area contributed by atoms with Gasteiger partial charge < -0.3 is 19.7 Å². The highest BCUT2D eigenvalue weighted by atomic mass is 32.1. The van der Waals surface area contributed by atoms with Crippen LogP contribution in [0.15, 0.2) is 40.8 Å². The lowest BCUT2D eigenvalue weighted by Gasteiger charge is -2.59. The fourth-order valence-electron chi connectivity index (χ4n) is 9.80. The van der Waals surface area contributed by atoms with Crippen LogP contribution in [0.25, 0.3) is 12.2 Å². The van der Waals surface area contributed by atoms with E-state index in [0.717, 1.165) is 33.0 Å². The highest BCUT2D eigenvalue weighted by Crippen LogP contribution is 2.70. The summed E-state index contributed by atoms with van der Waals surface area (Å²) in [7, 11) is 0. The molecule has 48 heavy (non-hydrogen) atoms. The number of halogens is 5. The average Bonchev–Trinajstić information content (AvgIpc) is 3.56. The second-order valence-corrected chi connectivity index (χ2v) is 17.1. The molecule has 5 aliphatic rings. The Balaban J connectivity index is 1.27. The quantitative estimate of drug-likeness (QED) is 0.247. The molecule has 3 saturated carbocycles. The molecule has 2 aromatic rings. The SMILES string of the molecule is Cc1nc(/C=C/c2ccc(C3CC4(C[C@]5(O)CC[C@@H]6C(=C35)CC[C@@]3(C)[C@H]6CC[C@@]3(O)C(F)(F)C(F)(F)F)OCC(C)(C)CO4)cc2)cs1. The standard InChI is InChI=1S/C37H44F5NO4S/c1-22-43-25(18-48-22)10-7-23-5-8-24(9-6-23)28-17-34(46-20-31(2,3)21-47-34)19-33(44)15-12-26-27(30(28)33)11-14-32(4)29(26)13-16-35(32,45)36(38,39)37(40,41)42/h5-10,18,26,28-29,44-45H,11-17,19-21H2,1-4H3/b10-7+/t26-,28?,29+,32+,33-,35+/m1/s1. The zero-order valence-electron chi connectivity index (χ0n) is 27.8. The molecule has 0 amide bonds. The van der Waals surface area contributed by atoms with E-state index in [1.165, 1.54) is 6.92 Å². The van der Waals surface area contributed by atoms with E-state index in [4.69, 9.17) is 9.47 Å². The van der Waals surface area contributed by atoms with E-state index in [1.54, 1.807) is 11.3 Å². The van der Waals surface area contributed by atoms with Crippen molar-refractivity contribution in [3.8, 4) is 0 Å². The van der Waals surface area contributed by atoms with Crippen molar-refractivity contribution in [2.45, 2.75) is 114 Å². The molecule has 5 nitrogen and oxygen atoms in total. The number of fused-ring (bicyclic) bond motifs is 4. The topological polar surface area (TPSA) is 71.8 Å². The fraction of sp³-hybridized carbons (Fsp3) is 0.649. The maximum absolute atomic E-state index is 15.1. The number of allylic oxidation sites excluding steroid dienone is 1. The van der Waals surface area contributed by atoms with Crippen molar-refractivity contribution in [2.24, 2.45) is 22.7 Å². The number of ether oxygens (including phenoxy) is 2. The summed E-state index contributed by atoms with van der Waals surface area (Å²) < 4.78 is 84.2. The average molecular weight is 694 g/mol. The van der Waals surface area contributed by atoms with Crippen molar-refractivity contribution >= 4 is 23.5 Å². The second kappa shape index (κ2) is 11.2. The lowest BCUT2D eigenvalue weighted by molar-refractivity contribution is -0.362. The van der Waals surface area contributed by atoms with E-state index in [0.29, 0.717) is 32.5 Å². The van der Waals surface area contributed by atoms with Crippen molar-refractivity contribution in [3.63, 3.8) is 0 Å². The number of aryl methyl sites for hydroxylation is 1. The van der Waals surface area contributed by atoms with Gasteiger partial charge in [0.1, 0.15) is 5.60 Å². The molecule has 0 radical (unpaired) electrons. The molecule has 7 rings (SSSR count). The molecule has 1 spiro atoms. The van der Waals surface area contributed by atoms with E-state index in [-0.39, 0.29) is 42.9 Å². The molecule has 6 atom stereocenters. The zero-order chi connectivity index (χ0) is 34.5. The van der Waals surface area contributed by atoms with Crippen LogP contribution >= 0.6 is 11.3 Å². The Labute approximate surface area is 282 Å². The van der Waals surface area contributed by atoms with Gasteiger partial charge in [0.25, 0.3) is 0 Å². The third-order valence-corrected chi connectivity index (χ3v) is 13.1. The molecule has 1 aromatic heterocycles. The molecule has 2 N–H and O–H groups in total. The summed E-state index contributed by atoms with van der Waals surface area (Å²) in [5, 5.41) is 26.8. The summed E-state index contributed by atoms with van der Waals surface area (Å²) in [5.74, 6) is -7.45. The molecule has 11 heteroatoms. The van der Waals surface area contributed by atoms with Gasteiger partial charge in [0.2, 0.25) is 0 Å². The summed E-state index contributed by atoms with van der Waals surface area (Å²) in [6.07, 6.45) is -0.852. The van der Waals surface area contributed by atoms with Crippen LogP contribution in [0.2, 0.25) is 0 Å². The molecular weight excluding hydrogens is 649 g/mol. The highest BCUT2D eigenvalue weighted by molar-refractivity contribution is 7.09. The van der Waals surface area contributed by atoms with E-state index < -0.39 is 46.8 Å². The Bertz CT molecular complexity index is 1620. The van der Waals surface area contributed by atoms with Gasteiger partial charge in [-0.2, -0.15) is 22.0 Å². The van der Waals surface area contributed by atoms with Gasteiger partial charge in [0, 0.05) is 35.0 Å². The first kappa shape index (κ1) is 34.3. The van der Waals surface area contributed by atoms with Crippen LogP contribution in [0.1, 0.15) is 99.9 Å². The predicted molar refractivity (Wildman–Crippen MR) is 173 cm³/mol. The summed E-state index contributed by atoms with van der Waals surface area (Å²) >= 11 is 1.58. The van der Waals surface area contributed by atoms with Gasteiger partial charge in [-0.1, -0.05) is 56.7 Å². The number of hydrogen-bond acceptors (Lipinski definition) is 6. The van der Waals surface area contributed by atoms with E-state index in [1.807, 2.05) is 48.7 Å². The van der Waals surface area contributed by atoms with Gasteiger partial charge in [-0.25, -0.2) is 4.98 Å². The van der Waals surface area contributed by atoms with Crippen LogP contribution in [0, 0.1) is 29.6 Å². The second-order valence-electron chi connectivity index (χ2n) is 16.0. The van der Waals surface area contributed by atoms with E-state index in [9.17, 15) is 23.4 Å². The van der Waals surface area contributed by atoms with Crippen LogP contribution in [0.5, 0.6) is 0 Å². The molecular formula is C37H44F5NO4S. The molecule has 0 bridgehead atoms. The van der Waals surface area contributed by atoms with E-state index in [2.05, 4.69) is 18.8 Å². The summed E-state index contributed by atoms with van der Waals surface area (Å²) in [6.45, 7) is 8.45. The zero-order valence-corrected chi connectivity index (χ0v) is 28.6. The molecule has 1 saturated heterocycles. The van der Waals surface area contributed by atoms with Crippen molar-refractivity contribution in [3.05, 3.63) is 62.6 Å². The smallest absolute Gasteiger partial charge is 0.385 e. The van der Waals surface area contributed by atoms with Gasteiger partial charge >= 0.3 is 12.1 Å². The van der Waals surface area contributed by atoms with Crippen molar-refractivity contribution < 1.29 is 41.6 Å². The Morgan fingerprint density at radius 3 is 2.25 bits per heavy atom. The summed E-state index contributed by atoms with van der Waals surface area (Å²) in [6, 6.07) is 8.09. The van der Waals surface area contributed by atoms with Crippen molar-refractivity contribution in [1.29, 1.82) is 0 Å². The van der Waals surface area contributed by atoms with Gasteiger partial charge in [0.15, 0.2) is 5.79 Å². The number of benzene rings is 1. The number of rotatable bonds is 4. The molecule has 262 valence electrons. The largest absolute Gasteiger partial charge is 0.456 e. The Hall–Kier alpha value is -2.18.